The van der Waals surface area contributed by atoms with E-state index < -0.39 is 10.0 Å². The molecule has 2 heterocycles. The molecule has 1 aromatic rings. The van der Waals surface area contributed by atoms with E-state index in [0.29, 0.717) is 24.2 Å². The summed E-state index contributed by atoms with van der Waals surface area (Å²) in [6, 6.07) is -0.211. The zero-order chi connectivity index (χ0) is 15.9. The summed E-state index contributed by atoms with van der Waals surface area (Å²) in [4.78, 5) is 18.4. The average molecular weight is 328 g/mol. The molecule has 22 heavy (non-hydrogen) atoms. The van der Waals surface area contributed by atoms with Crippen LogP contribution in [-0.4, -0.2) is 60.1 Å². The van der Waals surface area contributed by atoms with Gasteiger partial charge in [0.25, 0.3) is 0 Å². The first kappa shape index (κ1) is 15.4. The number of hydrogen-bond donors (Lipinski definition) is 0. The first-order valence-electron chi connectivity index (χ1n) is 7.40. The van der Waals surface area contributed by atoms with Gasteiger partial charge < -0.3 is 9.42 Å². The highest BCUT2D eigenvalue weighted by Crippen LogP contribution is 2.40. The van der Waals surface area contributed by atoms with Crippen molar-refractivity contribution in [3.8, 4) is 0 Å². The lowest BCUT2D eigenvalue weighted by Gasteiger charge is -2.24. The van der Waals surface area contributed by atoms with E-state index in [4.69, 9.17) is 4.52 Å². The molecule has 2 aliphatic rings. The zero-order valence-corrected chi connectivity index (χ0v) is 13.5. The lowest BCUT2D eigenvalue weighted by molar-refractivity contribution is -0.132. The first-order chi connectivity index (χ1) is 10.4. The van der Waals surface area contributed by atoms with E-state index in [2.05, 4.69) is 10.1 Å². The summed E-state index contributed by atoms with van der Waals surface area (Å²) in [5.74, 6) is 1.34. The largest absolute Gasteiger partial charge is 0.339 e. The second-order valence-electron chi connectivity index (χ2n) is 6.03. The Labute approximate surface area is 129 Å². The van der Waals surface area contributed by atoms with Crippen molar-refractivity contribution >= 4 is 15.9 Å². The van der Waals surface area contributed by atoms with Crippen molar-refractivity contribution in [3.63, 3.8) is 0 Å². The molecule has 1 aliphatic heterocycles. The Bertz CT molecular complexity index is 667. The molecule has 3 rings (SSSR count). The topological polar surface area (TPSA) is 96.6 Å². The van der Waals surface area contributed by atoms with E-state index >= 15 is 0 Å². The maximum Gasteiger partial charge on any atom is 0.238 e. The van der Waals surface area contributed by atoms with Crippen LogP contribution in [0, 0.1) is 0 Å². The van der Waals surface area contributed by atoms with E-state index in [9.17, 15) is 13.2 Å². The minimum atomic E-state index is -3.37. The summed E-state index contributed by atoms with van der Waals surface area (Å²) >= 11 is 0. The summed E-state index contributed by atoms with van der Waals surface area (Å²) in [7, 11) is -1.97. The molecule has 0 unspecified atom stereocenters. The smallest absolute Gasteiger partial charge is 0.238 e. The van der Waals surface area contributed by atoms with Crippen LogP contribution in [0.25, 0.3) is 0 Å². The quantitative estimate of drug-likeness (QED) is 0.781. The van der Waals surface area contributed by atoms with E-state index in [1.54, 1.807) is 4.90 Å². The molecule has 1 atom stereocenters. The first-order valence-corrected chi connectivity index (χ1v) is 9.25. The molecular weight excluding hydrogens is 308 g/mol. The Balaban J connectivity index is 1.70. The van der Waals surface area contributed by atoms with Gasteiger partial charge in [-0.2, -0.15) is 9.29 Å². The van der Waals surface area contributed by atoms with E-state index in [1.165, 1.54) is 7.05 Å². The van der Waals surface area contributed by atoms with Crippen LogP contribution in [0.4, 0.5) is 0 Å². The lowest BCUT2D eigenvalue weighted by Crippen LogP contribution is -2.40. The molecule has 0 spiro atoms. The number of sulfonamides is 1. The van der Waals surface area contributed by atoms with Gasteiger partial charge >= 0.3 is 0 Å². The zero-order valence-electron chi connectivity index (χ0n) is 12.7. The SMILES string of the molecule is CN(CC(=O)N1CCC[C@H]1c1noc(C2CC2)n1)S(C)(=O)=O. The predicted molar refractivity (Wildman–Crippen MR) is 77.4 cm³/mol. The second-order valence-corrected chi connectivity index (χ2v) is 8.12. The van der Waals surface area contributed by atoms with E-state index in [1.807, 2.05) is 0 Å². The summed E-state index contributed by atoms with van der Waals surface area (Å²) < 4.78 is 29.2. The van der Waals surface area contributed by atoms with Crippen molar-refractivity contribution in [1.82, 2.24) is 19.3 Å². The summed E-state index contributed by atoms with van der Waals surface area (Å²) in [5, 5.41) is 4.01. The van der Waals surface area contributed by atoms with Crippen LogP contribution in [0.5, 0.6) is 0 Å². The highest BCUT2D eigenvalue weighted by Gasteiger charge is 2.36. The normalized spacial score (nSPS) is 22.5. The molecule has 0 bridgehead atoms. The molecule has 0 aromatic carbocycles. The van der Waals surface area contributed by atoms with Gasteiger partial charge in [0, 0.05) is 19.5 Å². The highest BCUT2D eigenvalue weighted by molar-refractivity contribution is 7.88. The number of hydrogen-bond acceptors (Lipinski definition) is 6. The van der Waals surface area contributed by atoms with Crippen LogP contribution in [0.15, 0.2) is 4.52 Å². The number of carbonyl (C=O) groups is 1. The van der Waals surface area contributed by atoms with Gasteiger partial charge in [-0.25, -0.2) is 8.42 Å². The second kappa shape index (κ2) is 5.62. The van der Waals surface area contributed by atoms with E-state index in [0.717, 1.165) is 36.2 Å². The van der Waals surface area contributed by atoms with Crippen molar-refractivity contribution in [3.05, 3.63) is 11.7 Å². The Morgan fingerprint density at radius 3 is 2.77 bits per heavy atom. The third-order valence-corrected chi connectivity index (χ3v) is 5.44. The van der Waals surface area contributed by atoms with Gasteiger partial charge in [0.2, 0.25) is 21.8 Å². The summed E-state index contributed by atoms with van der Waals surface area (Å²) in [6.07, 6.45) is 4.87. The van der Waals surface area contributed by atoms with Crippen LogP contribution in [-0.2, 0) is 14.8 Å². The molecule has 0 radical (unpaired) electrons. The molecule has 1 aliphatic carbocycles. The number of rotatable bonds is 5. The van der Waals surface area contributed by atoms with Crippen molar-refractivity contribution in [1.29, 1.82) is 0 Å². The van der Waals surface area contributed by atoms with Crippen molar-refractivity contribution < 1.29 is 17.7 Å². The monoisotopic (exact) mass is 328 g/mol. The number of carbonyl (C=O) groups excluding carboxylic acids is 1. The van der Waals surface area contributed by atoms with Gasteiger partial charge in [0.05, 0.1) is 18.8 Å². The fourth-order valence-corrected chi connectivity index (χ4v) is 2.96. The fraction of sp³-hybridized carbons (Fsp3) is 0.769. The fourth-order valence-electron chi connectivity index (χ4n) is 2.61. The predicted octanol–water partition coefficient (Wildman–Crippen LogP) is 0.502. The average Bonchev–Trinajstić information content (AvgIpc) is 3.00. The third-order valence-electron chi connectivity index (χ3n) is 4.18. The Morgan fingerprint density at radius 2 is 2.14 bits per heavy atom. The molecule has 8 nitrogen and oxygen atoms in total. The molecule has 0 N–H and O–H groups in total. The Kier molecular flexibility index (Phi) is 3.94. The highest BCUT2D eigenvalue weighted by atomic mass is 32.2. The van der Waals surface area contributed by atoms with Gasteiger partial charge in [-0.15, -0.1) is 0 Å². The minimum absolute atomic E-state index is 0.164. The standard InChI is InChI=1S/C13H20N4O4S/c1-16(22(2,19)20)8-11(18)17-7-3-4-10(17)12-14-13(21-15-12)9-5-6-9/h9-10H,3-8H2,1-2H3/t10-/m0/s1. The van der Waals surface area contributed by atoms with Gasteiger partial charge in [-0.05, 0) is 25.7 Å². The van der Waals surface area contributed by atoms with Crippen LogP contribution >= 0.6 is 0 Å². The van der Waals surface area contributed by atoms with Crippen LogP contribution in [0.3, 0.4) is 0 Å². The van der Waals surface area contributed by atoms with E-state index in [-0.39, 0.29) is 18.5 Å². The van der Waals surface area contributed by atoms with Crippen molar-refractivity contribution in [2.75, 3.05) is 26.4 Å². The number of amides is 1. The molecule has 1 aromatic heterocycles. The number of likely N-dealkylation sites (N-methyl/N-ethyl adjacent to an activating group) is 1. The third kappa shape index (κ3) is 3.14. The van der Waals surface area contributed by atoms with Crippen LogP contribution < -0.4 is 0 Å². The number of nitrogens with zero attached hydrogens (tertiary/aromatic N) is 4. The van der Waals surface area contributed by atoms with Gasteiger partial charge in [0.15, 0.2) is 5.82 Å². The molecule has 1 saturated carbocycles. The summed E-state index contributed by atoms with van der Waals surface area (Å²) in [6.45, 7) is 0.428. The molecule has 9 heteroatoms. The Hall–Kier alpha value is -1.48. The molecule has 122 valence electrons. The van der Waals surface area contributed by atoms with Crippen LogP contribution in [0.2, 0.25) is 0 Å². The van der Waals surface area contributed by atoms with Crippen molar-refractivity contribution in [2.45, 2.75) is 37.6 Å². The maximum absolute atomic E-state index is 12.4. The summed E-state index contributed by atoms with van der Waals surface area (Å²) in [5.41, 5.74) is 0. The minimum Gasteiger partial charge on any atom is -0.339 e. The molecule has 1 saturated heterocycles. The number of likely N-dealkylation sites (tertiary alicyclic amines) is 1. The van der Waals surface area contributed by atoms with Gasteiger partial charge in [0.1, 0.15) is 0 Å². The Morgan fingerprint density at radius 1 is 1.41 bits per heavy atom. The molecule has 1 amide bonds. The van der Waals surface area contributed by atoms with Crippen molar-refractivity contribution in [2.24, 2.45) is 0 Å². The van der Waals surface area contributed by atoms with Gasteiger partial charge in [-0.3, -0.25) is 4.79 Å². The lowest BCUT2D eigenvalue weighted by atomic mass is 10.2. The molecule has 2 fully saturated rings. The van der Waals surface area contributed by atoms with Crippen LogP contribution in [0.1, 0.15) is 49.4 Å². The number of aromatic nitrogens is 2. The van der Waals surface area contributed by atoms with Gasteiger partial charge in [-0.1, -0.05) is 5.16 Å². The molecular formula is C13H20N4O4S. The maximum atomic E-state index is 12.4.